The lowest BCUT2D eigenvalue weighted by Crippen LogP contribution is -2.04. The van der Waals surface area contributed by atoms with Crippen LogP contribution in [0.25, 0.3) is 0 Å². The van der Waals surface area contributed by atoms with E-state index in [-0.39, 0.29) is 5.92 Å². The normalized spacial score (nSPS) is 14.3. The fourth-order valence-electron chi connectivity index (χ4n) is 1.37. The van der Waals surface area contributed by atoms with E-state index in [2.05, 4.69) is 0 Å². The molecule has 0 bridgehead atoms. The molecule has 0 fully saturated rings. The van der Waals surface area contributed by atoms with Crippen LogP contribution in [0.3, 0.4) is 0 Å². The molecule has 0 heterocycles. The zero-order valence-corrected chi connectivity index (χ0v) is 8.96. The molecule has 0 saturated carbocycles. The number of benzene rings is 1. The Morgan fingerprint density at radius 1 is 1.25 bits per heavy atom. The van der Waals surface area contributed by atoms with Crippen LogP contribution in [0.2, 0.25) is 0 Å². The van der Waals surface area contributed by atoms with Crippen molar-refractivity contribution in [3.8, 4) is 0 Å². The monoisotopic (exact) mass is 229 g/mol. The number of rotatable bonds is 3. The van der Waals surface area contributed by atoms with Crippen molar-refractivity contribution in [1.82, 2.24) is 0 Å². The van der Waals surface area contributed by atoms with Crippen molar-refractivity contribution in [2.24, 2.45) is 5.73 Å². The third-order valence-corrected chi connectivity index (χ3v) is 2.32. The number of hydrogen-bond acceptors (Lipinski definition) is 1. The van der Waals surface area contributed by atoms with Crippen molar-refractivity contribution in [1.29, 1.82) is 0 Å². The SMILES string of the molecule is CC(/C=C/CN)c1ccc(C(F)(F)F)cc1. The molecule has 1 rings (SSSR count). The van der Waals surface area contributed by atoms with E-state index >= 15 is 0 Å². The minimum absolute atomic E-state index is 0.0748. The van der Waals surface area contributed by atoms with Gasteiger partial charge < -0.3 is 5.73 Å². The van der Waals surface area contributed by atoms with Gasteiger partial charge in [-0.1, -0.05) is 31.2 Å². The van der Waals surface area contributed by atoms with E-state index < -0.39 is 11.7 Å². The molecule has 0 saturated heterocycles. The van der Waals surface area contributed by atoms with E-state index in [9.17, 15) is 13.2 Å². The summed E-state index contributed by atoms with van der Waals surface area (Å²) in [5.41, 5.74) is 5.53. The van der Waals surface area contributed by atoms with E-state index in [1.54, 1.807) is 6.08 Å². The number of halogens is 3. The van der Waals surface area contributed by atoms with Gasteiger partial charge in [-0.3, -0.25) is 0 Å². The fourth-order valence-corrected chi connectivity index (χ4v) is 1.37. The Morgan fingerprint density at radius 3 is 2.25 bits per heavy atom. The maximum absolute atomic E-state index is 12.3. The van der Waals surface area contributed by atoms with Crippen LogP contribution in [0, 0.1) is 0 Å². The molecule has 1 unspecified atom stereocenters. The van der Waals surface area contributed by atoms with Crippen molar-refractivity contribution in [2.75, 3.05) is 6.54 Å². The van der Waals surface area contributed by atoms with Gasteiger partial charge >= 0.3 is 6.18 Å². The third kappa shape index (κ3) is 3.38. The molecule has 1 atom stereocenters. The van der Waals surface area contributed by atoms with Crippen molar-refractivity contribution in [3.05, 3.63) is 47.5 Å². The lowest BCUT2D eigenvalue weighted by Gasteiger charge is -2.10. The predicted molar refractivity (Wildman–Crippen MR) is 58.1 cm³/mol. The quantitative estimate of drug-likeness (QED) is 0.790. The van der Waals surface area contributed by atoms with Gasteiger partial charge in [0.2, 0.25) is 0 Å². The van der Waals surface area contributed by atoms with E-state index in [0.717, 1.165) is 17.7 Å². The molecular weight excluding hydrogens is 215 g/mol. The van der Waals surface area contributed by atoms with Gasteiger partial charge in [0.15, 0.2) is 0 Å². The Balaban J connectivity index is 2.83. The van der Waals surface area contributed by atoms with E-state index in [4.69, 9.17) is 5.73 Å². The second kappa shape index (κ2) is 5.16. The Hall–Kier alpha value is -1.29. The summed E-state index contributed by atoms with van der Waals surface area (Å²) in [5, 5.41) is 0. The fraction of sp³-hybridized carbons (Fsp3) is 0.333. The Kier molecular flexibility index (Phi) is 4.12. The zero-order chi connectivity index (χ0) is 12.2. The van der Waals surface area contributed by atoms with Crippen LogP contribution in [0.15, 0.2) is 36.4 Å². The summed E-state index contributed by atoms with van der Waals surface area (Å²) in [6, 6.07) is 5.19. The second-order valence-corrected chi connectivity index (χ2v) is 3.57. The highest BCUT2D eigenvalue weighted by molar-refractivity contribution is 5.28. The highest BCUT2D eigenvalue weighted by atomic mass is 19.4. The molecule has 0 radical (unpaired) electrons. The number of allylic oxidation sites excluding steroid dienone is 1. The predicted octanol–water partition coefficient (Wildman–Crippen LogP) is 3.32. The van der Waals surface area contributed by atoms with Crippen LogP contribution in [-0.2, 0) is 6.18 Å². The van der Waals surface area contributed by atoms with Gasteiger partial charge in [0.05, 0.1) is 5.56 Å². The smallest absolute Gasteiger partial charge is 0.327 e. The third-order valence-electron chi connectivity index (χ3n) is 2.32. The number of nitrogens with two attached hydrogens (primary N) is 1. The van der Waals surface area contributed by atoms with Gasteiger partial charge in [-0.25, -0.2) is 0 Å². The molecule has 16 heavy (non-hydrogen) atoms. The highest BCUT2D eigenvalue weighted by Crippen LogP contribution is 2.30. The lowest BCUT2D eigenvalue weighted by molar-refractivity contribution is -0.137. The molecule has 1 nitrogen and oxygen atoms in total. The van der Waals surface area contributed by atoms with Gasteiger partial charge in [-0.15, -0.1) is 0 Å². The molecule has 0 spiro atoms. The molecule has 0 aliphatic rings. The first kappa shape index (κ1) is 12.8. The van der Waals surface area contributed by atoms with E-state index in [0.29, 0.717) is 6.54 Å². The van der Waals surface area contributed by atoms with Crippen LogP contribution < -0.4 is 5.73 Å². The van der Waals surface area contributed by atoms with Gasteiger partial charge in [-0.2, -0.15) is 13.2 Å². The number of hydrogen-bond donors (Lipinski definition) is 1. The second-order valence-electron chi connectivity index (χ2n) is 3.57. The summed E-state index contributed by atoms with van der Waals surface area (Å²) in [4.78, 5) is 0. The van der Waals surface area contributed by atoms with Crippen molar-refractivity contribution >= 4 is 0 Å². The van der Waals surface area contributed by atoms with Crippen LogP contribution in [-0.4, -0.2) is 6.54 Å². The highest BCUT2D eigenvalue weighted by Gasteiger charge is 2.29. The minimum atomic E-state index is -4.27. The average Bonchev–Trinajstić information content (AvgIpc) is 2.25. The minimum Gasteiger partial charge on any atom is -0.327 e. The summed E-state index contributed by atoms with van der Waals surface area (Å²) < 4.78 is 36.9. The molecule has 1 aromatic rings. The van der Waals surface area contributed by atoms with Gasteiger partial charge in [0, 0.05) is 6.54 Å². The molecule has 0 aliphatic heterocycles. The topological polar surface area (TPSA) is 26.0 Å². The molecule has 0 aliphatic carbocycles. The largest absolute Gasteiger partial charge is 0.416 e. The summed E-state index contributed by atoms with van der Waals surface area (Å²) in [6.45, 7) is 2.35. The van der Waals surface area contributed by atoms with Crippen molar-refractivity contribution < 1.29 is 13.2 Å². The first-order valence-electron chi connectivity index (χ1n) is 4.99. The van der Waals surface area contributed by atoms with Crippen LogP contribution >= 0.6 is 0 Å². The van der Waals surface area contributed by atoms with E-state index in [1.807, 2.05) is 13.0 Å². The molecule has 2 N–H and O–H groups in total. The Labute approximate surface area is 92.8 Å². The molecule has 1 aromatic carbocycles. The van der Waals surface area contributed by atoms with Gasteiger partial charge in [0.25, 0.3) is 0 Å². The van der Waals surface area contributed by atoms with Crippen LogP contribution in [0.4, 0.5) is 13.2 Å². The average molecular weight is 229 g/mol. The standard InChI is InChI=1S/C12H14F3N/c1-9(3-2-8-16)10-4-6-11(7-5-10)12(13,14)15/h2-7,9H,8,16H2,1H3/b3-2+. The van der Waals surface area contributed by atoms with Crippen molar-refractivity contribution in [3.63, 3.8) is 0 Å². The zero-order valence-electron chi connectivity index (χ0n) is 8.96. The summed E-state index contributed by atoms with van der Waals surface area (Å²) in [5.74, 6) is 0.0748. The van der Waals surface area contributed by atoms with Crippen molar-refractivity contribution in [2.45, 2.75) is 19.0 Å². The molecule has 88 valence electrons. The summed E-state index contributed by atoms with van der Waals surface area (Å²) in [6.07, 6.45) is -0.597. The molecule has 4 heteroatoms. The Morgan fingerprint density at radius 2 is 1.81 bits per heavy atom. The number of alkyl halides is 3. The maximum Gasteiger partial charge on any atom is 0.416 e. The Bertz CT molecular complexity index is 352. The van der Waals surface area contributed by atoms with Gasteiger partial charge in [0.1, 0.15) is 0 Å². The molecule has 0 aromatic heterocycles. The van der Waals surface area contributed by atoms with Gasteiger partial charge in [-0.05, 0) is 23.6 Å². The molecular formula is C12H14F3N. The van der Waals surface area contributed by atoms with Crippen LogP contribution in [0.5, 0.6) is 0 Å². The van der Waals surface area contributed by atoms with Crippen LogP contribution in [0.1, 0.15) is 24.0 Å². The van der Waals surface area contributed by atoms with E-state index in [1.165, 1.54) is 12.1 Å². The first-order chi connectivity index (χ1) is 7.45. The first-order valence-corrected chi connectivity index (χ1v) is 4.99. The molecule has 0 amide bonds. The lowest BCUT2D eigenvalue weighted by atomic mass is 9.99. The summed E-state index contributed by atoms with van der Waals surface area (Å²) >= 11 is 0. The maximum atomic E-state index is 12.3. The summed E-state index contributed by atoms with van der Waals surface area (Å²) in [7, 11) is 0.